The lowest BCUT2D eigenvalue weighted by Gasteiger charge is -2.51. The van der Waals surface area contributed by atoms with Gasteiger partial charge in [0.05, 0.1) is 5.54 Å². The Hall–Kier alpha value is -6.00. The van der Waals surface area contributed by atoms with Crippen LogP contribution in [0.4, 0.5) is 45.5 Å². The van der Waals surface area contributed by atoms with Crippen LogP contribution < -0.4 is 31.1 Å². The van der Waals surface area contributed by atoms with Crippen molar-refractivity contribution in [1.29, 1.82) is 0 Å². The lowest BCUT2D eigenvalue weighted by atomic mass is 9.33. The van der Waals surface area contributed by atoms with Crippen molar-refractivity contribution < 1.29 is 0 Å². The number of nitrogens with zero attached hydrogens (tertiary/aromatic N) is 3. The van der Waals surface area contributed by atoms with E-state index in [-0.39, 0.29) is 55.6 Å². The highest BCUT2D eigenvalue weighted by Gasteiger charge is 2.58. The number of aryl methyl sites for hydroxylation is 2. The maximum atomic E-state index is 2.85. The number of hydrogen-bond donors (Lipinski definition) is 0. The third-order valence-corrected chi connectivity index (χ3v) is 23.9. The van der Waals surface area contributed by atoms with Gasteiger partial charge in [-0.3, -0.25) is 0 Å². The van der Waals surface area contributed by atoms with E-state index >= 15 is 0 Å². The van der Waals surface area contributed by atoms with Crippen LogP contribution in [0.25, 0.3) is 11.1 Å². The van der Waals surface area contributed by atoms with Crippen LogP contribution in [0.1, 0.15) is 250 Å². The Morgan fingerprint density at radius 2 is 0.906 bits per heavy atom. The van der Waals surface area contributed by atoms with Gasteiger partial charge in [-0.2, -0.15) is 0 Å². The van der Waals surface area contributed by atoms with Crippen LogP contribution in [0.5, 0.6) is 0 Å². The molecule has 2 unspecified atom stereocenters. The predicted molar refractivity (Wildman–Crippen MR) is 368 cm³/mol. The molecule has 7 aromatic carbocycles. The SMILES string of the molecule is Cc1cc2c(cc1N1c3cc(N4c5ccc(C(C)(C)C)cc5C5(C)CCCCC45C)ccc3B3c4ccc5c(c4N(c4cc6c(cc4C)C(C)(C)CCC6(C)C)c4cc(C(C)(C)C)cc1c43)Cc1ccc(C(C)(C)C)cc1-5)C(C)(C)CCC2(C)C. The van der Waals surface area contributed by atoms with Crippen molar-refractivity contribution in [3.05, 3.63) is 170 Å². The lowest BCUT2D eigenvalue weighted by Crippen LogP contribution is -2.62. The minimum absolute atomic E-state index is 0.00512. The van der Waals surface area contributed by atoms with E-state index in [1.807, 2.05) is 0 Å². The van der Waals surface area contributed by atoms with Crippen LogP contribution in [-0.2, 0) is 49.7 Å². The monoisotopic (exact) mass is 1120 g/mol. The molecule has 14 rings (SSSR count). The number of fused-ring (bicyclic) bond motifs is 13. The van der Waals surface area contributed by atoms with Gasteiger partial charge >= 0.3 is 0 Å². The minimum Gasteiger partial charge on any atom is -0.334 e. The molecule has 3 aliphatic heterocycles. The van der Waals surface area contributed by atoms with Crippen molar-refractivity contribution in [2.24, 2.45) is 0 Å². The van der Waals surface area contributed by atoms with Crippen molar-refractivity contribution in [3.8, 4) is 11.1 Å². The summed E-state index contributed by atoms with van der Waals surface area (Å²) in [7, 11) is 0. The molecule has 4 heteroatoms. The largest absolute Gasteiger partial charge is 0.334 e. The van der Waals surface area contributed by atoms with Crippen LogP contribution in [0.2, 0.25) is 0 Å². The first-order valence-corrected chi connectivity index (χ1v) is 33.0. The quantitative estimate of drug-likeness (QED) is 0.163. The molecule has 85 heavy (non-hydrogen) atoms. The van der Waals surface area contributed by atoms with Crippen molar-refractivity contribution in [2.75, 3.05) is 14.7 Å². The van der Waals surface area contributed by atoms with Gasteiger partial charge in [-0.05, 0) is 234 Å². The second-order valence-electron chi connectivity index (χ2n) is 34.4. The summed E-state index contributed by atoms with van der Waals surface area (Å²) in [5.41, 5.74) is 35.2. The zero-order chi connectivity index (χ0) is 60.6. The fraction of sp³-hybridized carbons (Fsp3) is 0.481. The maximum absolute atomic E-state index is 2.85. The van der Waals surface area contributed by atoms with E-state index in [1.165, 1.54) is 185 Å². The molecule has 440 valence electrons. The normalized spacial score (nSPS) is 22.6. The Morgan fingerprint density at radius 3 is 1.48 bits per heavy atom. The molecule has 0 aromatic heterocycles. The van der Waals surface area contributed by atoms with Gasteiger partial charge in [0, 0.05) is 57.3 Å². The zero-order valence-electron chi connectivity index (χ0n) is 56.1. The molecule has 0 spiro atoms. The molecule has 2 atom stereocenters. The molecule has 0 saturated heterocycles. The Labute approximate surface area is 513 Å². The van der Waals surface area contributed by atoms with E-state index in [4.69, 9.17) is 0 Å². The number of hydrogen-bond acceptors (Lipinski definition) is 3. The summed E-state index contributed by atoms with van der Waals surface area (Å²) in [6, 6.07) is 43.9. The molecule has 1 fully saturated rings. The van der Waals surface area contributed by atoms with Crippen molar-refractivity contribution in [1.82, 2.24) is 0 Å². The number of rotatable bonds is 3. The molecule has 0 radical (unpaired) electrons. The lowest BCUT2D eigenvalue weighted by molar-refractivity contribution is 0.195. The van der Waals surface area contributed by atoms with Gasteiger partial charge in [0.2, 0.25) is 0 Å². The summed E-state index contributed by atoms with van der Waals surface area (Å²) in [6.07, 6.45) is 10.5. The van der Waals surface area contributed by atoms with Gasteiger partial charge in [-0.1, -0.05) is 198 Å². The summed E-state index contributed by atoms with van der Waals surface area (Å²) in [5.74, 6) is 0. The molecule has 3 heterocycles. The van der Waals surface area contributed by atoms with E-state index in [2.05, 4.69) is 263 Å². The van der Waals surface area contributed by atoms with E-state index in [9.17, 15) is 0 Å². The molecular formula is C81H98BN3. The average molecular weight is 1120 g/mol. The smallest absolute Gasteiger partial charge is 0.252 e. The van der Waals surface area contributed by atoms with Crippen molar-refractivity contribution in [3.63, 3.8) is 0 Å². The van der Waals surface area contributed by atoms with Gasteiger partial charge in [0.25, 0.3) is 6.71 Å². The summed E-state index contributed by atoms with van der Waals surface area (Å²) in [5, 5.41) is 0. The topological polar surface area (TPSA) is 9.72 Å². The summed E-state index contributed by atoms with van der Waals surface area (Å²) < 4.78 is 0. The van der Waals surface area contributed by atoms with Gasteiger partial charge in [0.15, 0.2) is 0 Å². The van der Waals surface area contributed by atoms with Crippen LogP contribution in [0, 0.1) is 13.8 Å². The van der Waals surface area contributed by atoms with Crippen molar-refractivity contribution >= 4 is 68.6 Å². The summed E-state index contributed by atoms with van der Waals surface area (Å²) in [6.45, 7) is 51.7. The van der Waals surface area contributed by atoms with Crippen LogP contribution in [0.3, 0.4) is 0 Å². The van der Waals surface area contributed by atoms with Gasteiger partial charge in [-0.25, -0.2) is 0 Å². The molecule has 0 bridgehead atoms. The minimum atomic E-state index is -0.155. The fourth-order valence-corrected chi connectivity index (χ4v) is 17.8. The van der Waals surface area contributed by atoms with E-state index in [1.54, 1.807) is 0 Å². The molecule has 7 aliphatic rings. The molecule has 7 aromatic rings. The molecular weight excluding hydrogens is 1030 g/mol. The van der Waals surface area contributed by atoms with Crippen LogP contribution >= 0.6 is 0 Å². The van der Waals surface area contributed by atoms with E-state index < -0.39 is 0 Å². The molecule has 3 nitrogen and oxygen atoms in total. The number of anilines is 8. The number of benzene rings is 7. The van der Waals surface area contributed by atoms with Gasteiger partial charge < -0.3 is 14.7 Å². The maximum Gasteiger partial charge on any atom is 0.252 e. The summed E-state index contributed by atoms with van der Waals surface area (Å²) >= 11 is 0. The second kappa shape index (κ2) is 17.8. The zero-order valence-corrected chi connectivity index (χ0v) is 56.1. The van der Waals surface area contributed by atoms with Crippen molar-refractivity contribution in [2.45, 2.75) is 252 Å². The second-order valence-corrected chi connectivity index (χ2v) is 34.4. The Kier molecular flexibility index (Phi) is 11.9. The summed E-state index contributed by atoms with van der Waals surface area (Å²) in [4.78, 5) is 8.49. The molecule has 1 saturated carbocycles. The first kappa shape index (κ1) is 56.8. The highest BCUT2D eigenvalue weighted by molar-refractivity contribution is 7.00. The molecule has 4 aliphatic carbocycles. The van der Waals surface area contributed by atoms with Crippen LogP contribution in [0.15, 0.2) is 103 Å². The molecule has 0 amide bonds. The predicted octanol–water partition coefficient (Wildman–Crippen LogP) is 20.3. The Balaban J connectivity index is 1.10. The average Bonchev–Trinajstić information content (AvgIpc) is 1.74. The first-order valence-electron chi connectivity index (χ1n) is 33.0. The third-order valence-electron chi connectivity index (χ3n) is 23.9. The van der Waals surface area contributed by atoms with Gasteiger partial charge in [-0.15, -0.1) is 0 Å². The Bertz CT molecular complexity index is 4030. The highest BCUT2D eigenvalue weighted by atomic mass is 15.3. The Morgan fingerprint density at radius 1 is 0.400 bits per heavy atom. The highest BCUT2D eigenvalue weighted by Crippen LogP contribution is 2.63. The van der Waals surface area contributed by atoms with E-state index in [0.29, 0.717) is 0 Å². The third kappa shape index (κ3) is 8.09. The van der Waals surface area contributed by atoms with Gasteiger partial charge in [0.1, 0.15) is 0 Å². The van der Waals surface area contributed by atoms with E-state index in [0.717, 1.165) is 12.8 Å². The van der Waals surface area contributed by atoms with Crippen LogP contribution in [-0.4, -0.2) is 12.3 Å². The first-order chi connectivity index (χ1) is 39.6. The standard InChI is InChI=1S/C81H98BN3/c1-48-38-58-60(78(16,17)36-34-76(58,12)13)46-66(48)83-68-45-54(85-65-31-26-52(74(6,7)8)42-62(65)80(20)32-22-23-33-81(80,85)21)27-29-63(68)82-64-30-28-55-56-41-51(73(3,4)5)25-24-50(56)40-57(55)72(64)84(70-44-53(75(9,10)11)43-69(83)71(70)82)67-47-61-59(39-49(67)2)77(14,15)35-37-79(61,18)19/h24-31,38-39,41-47H,22-23,32-37,40H2,1-21H3. The molecule has 0 N–H and O–H groups in total. The fourth-order valence-electron chi connectivity index (χ4n) is 17.8.